The summed E-state index contributed by atoms with van der Waals surface area (Å²) >= 11 is 0. The van der Waals surface area contributed by atoms with Crippen molar-refractivity contribution in [1.82, 2.24) is 5.06 Å². The van der Waals surface area contributed by atoms with E-state index in [0.29, 0.717) is 5.69 Å². The van der Waals surface area contributed by atoms with Crippen LogP contribution in [0.4, 0.5) is 5.69 Å². The maximum absolute atomic E-state index is 10.7. The van der Waals surface area contributed by atoms with Crippen LogP contribution < -0.4 is 10.9 Å². The van der Waals surface area contributed by atoms with Crippen molar-refractivity contribution in [2.45, 2.75) is 10.9 Å². The van der Waals surface area contributed by atoms with Crippen molar-refractivity contribution in [3.05, 3.63) is 35.9 Å². The molecule has 0 unspecified atom stereocenters. The van der Waals surface area contributed by atoms with Crippen LogP contribution >= 0.6 is 0 Å². The van der Waals surface area contributed by atoms with Gasteiger partial charge in [-0.05, 0) is 24.3 Å². The third kappa shape index (κ3) is 5.48. The van der Waals surface area contributed by atoms with Crippen molar-refractivity contribution >= 4 is 21.6 Å². The molecule has 1 aromatic carbocycles. The Morgan fingerprint density at radius 2 is 1.48 bits per heavy atom. The van der Waals surface area contributed by atoms with Gasteiger partial charge in [0.05, 0.1) is 33.3 Å². The second-order valence-electron chi connectivity index (χ2n) is 5.21. The van der Waals surface area contributed by atoms with Gasteiger partial charge in [-0.25, -0.2) is 13.6 Å². The number of nitrogen functional groups attached to an aromatic ring is 1. The van der Waals surface area contributed by atoms with Crippen LogP contribution in [0.1, 0.15) is 0 Å². The molecule has 12 nitrogen and oxygen atoms in total. The van der Waals surface area contributed by atoms with Crippen molar-refractivity contribution in [2.24, 2.45) is 10.1 Å². The summed E-state index contributed by atoms with van der Waals surface area (Å²) in [7, 11) is 5.04. The Hall–Kier alpha value is -2.58. The number of methoxy groups -OCH3 is 5. The zero-order valence-electron chi connectivity index (χ0n) is 17.0. The molecule has 0 bridgehead atoms. The number of nitrogens with two attached hydrogens (primary N) is 2. The maximum atomic E-state index is 10.7. The normalized spacial score (nSPS) is 15.8. The first-order valence-electron chi connectivity index (χ1n) is 7.93. The van der Waals surface area contributed by atoms with E-state index < -0.39 is 16.1 Å². The van der Waals surface area contributed by atoms with E-state index in [9.17, 15) is 8.42 Å². The zero-order chi connectivity index (χ0) is 22.2. The molecule has 0 saturated heterocycles. The summed E-state index contributed by atoms with van der Waals surface area (Å²) in [5, 5.41) is 6.03. The van der Waals surface area contributed by atoms with Gasteiger partial charge < -0.3 is 29.4 Å². The number of ether oxygens (including phenoxy) is 5. The topological polar surface area (TPSA) is 157 Å². The molecular weight excluding hydrogens is 408 g/mol. The summed E-state index contributed by atoms with van der Waals surface area (Å²) < 4.78 is 47.3. The minimum absolute atomic E-state index is 0.0756. The Balaban J connectivity index is 0.000000326. The number of hydroxylamine groups is 2. The number of primary sulfonamides is 1. The molecule has 0 radical (unpaired) electrons. The van der Waals surface area contributed by atoms with Crippen LogP contribution in [0.2, 0.25) is 0 Å². The van der Waals surface area contributed by atoms with Gasteiger partial charge in [-0.3, -0.25) is 4.84 Å². The molecule has 4 N–H and O–H groups in total. The van der Waals surface area contributed by atoms with Crippen LogP contribution in [-0.4, -0.2) is 68.1 Å². The number of rotatable bonds is 6. The highest BCUT2D eigenvalue weighted by molar-refractivity contribution is 7.89. The Morgan fingerprint density at radius 1 is 0.931 bits per heavy atom. The van der Waals surface area contributed by atoms with Crippen molar-refractivity contribution < 1.29 is 36.9 Å². The molecule has 0 atom stereocenters. The van der Waals surface area contributed by atoms with Crippen LogP contribution in [0, 0.1) is 0 Å². The number of anilines is 1. The Morgan fingerprint density at radius 3 is 1.83 bits per heavy atom. The Bertz CT molecular complexity index is 835. The van der Waals surface area contributed by atoms with Crippen LogP contribution in [0.25, 0.3) is 0 Å². The standard InChI is InChI=1S/C10H18N2O6.C6H8N2O2S/c1-13-7-8(14-2)11-10(16-4,17-5)12(18-6)9(7)15-3;7-5-1-3-6(4-2-5)11(8,9)10/h1-6H3;1-4H,7H2,(H2,8,9,10). The zero-order valence-corrected chi connectivity index (χ0v) is 17.8. The average molecular weight is 434 g/mol. The monoisotopic (exact) mass is 434 g/mol. The van der Waals surface area contributed by atoms with Gasteiger partial charge in [0, 0.05) is 19.9 Å². The molecule has 0 spiro atoms. The van der Waals surface area contributed by atoms with E-state index in [1.807, 2.05) is 0 Å². The van der Waals surface area contributed by atoms with E-state index in [4.69, 9.17) is 39.4 Å². The van der Waals surface area contributed by atoms with E-state index in [0.717, 1.165) is 0 Å². The lowest BCUT2D eigenvalue weighted by Crippen LogP contribution is -2.53. The van der Waals surface area contributed by atoms with Gasteiger partial charge in [0.25, 0.3) is 11.8 Å². The fourth-order valence-corrected chi connectivity index (χ4v) is 2.74. The van der Waals surface area contributed by atoms with E-state index in [1.54, 1.807) is 0 Å². The quantitative estimate of drug-likeness (QED) is 0.468. The fourth-order valence-electron chi connectivity index (χ4n) is 2.22. The molecule has 0 aliphatic carbocycles. The van der Waals surface area contributed by atoms with Gasteiger partial charge >= 0.3 is 6.03 Å². The van der Waals surface area contributed by atoms with Crippen molar-refractivity contribution in [3.63, 3.8) is 0 Å². The summed E-state index contributed by atoms with van der Waals surface area (Å²) in [6, 6.07) is 4.17. The average Bonchev–Trinajstić information content (AvgIpc) is 2.71. The molecule has 13 heteroatoms. The number of aliphatic imine (C=N–C) groups is 1. The molecule has 1 aliphatic rings. The summed E-state index contributed by atoms with van der Waals surface area (Å²) in [6.45, 7) is 0. The van der Waals surface area contributed by atoms with Gasteiger partial charge in [-0.2, -0.15) is 4.99 Å². The Labute approximate surface area is 169 Å². The highest BCUT2D eigenvalue weighted by atomic mass is 32.2. The number of nitrogens with zero attached hydrogens (tertiary/aromatic N) is 2. The smallest absolute Gasteiger partial charge is 0.389 e. The molecule has 1 heterocycles. The molecule has 1 aliphatic heterocycles. The van der Waals surface area contributed by atoms with Crippen molar-refractivity contribution in [1.29, 1.82) is 0 Å². The highest BCUT2D eigenvalue weighted by Crippen LogP contribution is 2.32. The van der Waals surface area contributed by atoms with Gasteiger partial charge in [0.15, 0.2) is 0 Å². The van der Waals surface area contributed by atoms with E-state index in [2.05, 4.69) is 4.99 Å². The first kappa shape index (κ1) is 24.5. The number of benzene rings is 1. The number of hydrogen-bond donors (Lipinski definition) is 2. The third-order valence-corrected chi connectivity index (χ3v) is 4.52. The second-order valence-corrected chi connectivity index (χ2v) is 6.77. The number of hydrogen-bond acceptors (Lipinski definition) is 11. The molecule has 0 saturated carbocycles. The Kier molecular flexibility index (Phi) is 8.66. The second kappa shape index (κ2) is 10.3. The lowest BCUT2D eigenvalue weighted by atomic mass is 10.3. The van der Waals surface area contributed by atoms with Gasteiger partial charge in [0.2, 0.25) is 15.8 Å². The lowest BCUT2D eigenvalue weighted by Gasteiger charge is -2.39. The fraction of sp³-hybridized carbons (Fsp3) is 0.438. The van der Waals surface area contributed by atoms with Crippen molar-refractivity contribution in [2.75, 3.05) is 48.4 Å². The molecule has 0 amide bonds. The minimum atomic E-state index is -3.58. The molecule has 1 aromatic rings. The molecular formula is C16H26N4O8S. The summed E-state index contributed by atoms with van der Waals surface area (Å²) in [6.07, 6.45) is 0. The van der Waals surface area contributed by atoms with Crippen LogP contribution in [0.5, 0.6) is 0 Å². The van der Waals surface area contributed by atoms with Gasteiger partial charge in [-0.1, -0.05) is 0 Å². The van der Waals surface area contributed by atoms with Crippen LogP contribution in [0.3, 0.4) is 0 Å². The molecule has 164 valence electrons. The lowest BCUT2D eigenvalue weighted by molar-refractivity contribution is -0.383. The molecule has 0 aromatic heterocycles. The first-order chi connectivity index (χ1) is 13.6. The highest BCUT2D eigenvalue weighted by Gasteiger charge is 2.48. The van der Waals surface area contributed by atoms with Gasteiger partial charge in [-0.15, -0.1) is 5.06 Å². The predicted octanol–water partition coefficient (Wildman–Crippen LogP) is 0.191. The SMILES string of the molecule is COC1=NC(OC)(OC)N(OC)C(OC)=C1OC.Nc1ccc(S(N)(=O)=O)cc1. The van der Waals surface area contributed by atoms with E-state index in [-0.39, 0.29) is 22.4 Å². The molecule has 0 fully saturated rings. The van der Waals surface area contributed by atoms with Crippen LogP contribution in [-0.2, 0) is 38.5 Å². The summed E-state index contributed by atoms with van der Waals surface area (Å²) in [4.78, 5) is 9.41. The van der Waals surface area contributed by atoms with Crippen LogP contribution in [0.15, 0.2) is 45.8 Å². The summed E-state index contributed by atoms with van der Waals surface area (Å²) in [5.41, 5.74) is 5.85. The van der Waals surface area contributed by atoms with Gasteiger partial charge in [0.1, 0.15) is 0 Å². The largest absolute Gasteiger partial charge is 0.487 e. The third-order valence-electron chi connectivity index (χ3n) is 3.59. The molecule has 2 rings (SSSR count). The summed E-state index contributed by atoms with van der Waals surface area (Å²) in [5.74, 6) is 0.661. The molecule has 29 heavy (non-hydrogen) atoms. The van der Waals surface area contributed by atoms with E-state index >= 15 is 0 Å². The van der Waals surface area contributed by atoms with Crippen molar-refractivity contribution in [3.8, 4) is 0 Å². The number of sulfonamides is 1. The maximum Gasteiger partial charge on any atom is 0.389 e. The minimum Gasteiger partial charge on any atom is -0.487 e. The first-order valence-corrected chi connectivity index (χ1v) is 9.48. The van der Waals surface area contributed by atoms with E-state index in [1.165, 1.54) is 72.0 Å². The predicted molar refractivity (Wildman–Crippen MR) is 103 cm³/mol.